The summed E-state index contributed by atoms with van der Waals surface area (Å²) < 4.78 is 44.7. The minimum atomic E-state index is -4.51. The molecular weight excluding hydrogens is 467 g/mol. The van der Waals surface area contributed by atoms with Crippen LogP contribution < -0.4 is 10.1 Å². The van der Waals surface area contributed by atoms with Crippen molar-refractivity contribution >= 4 is 40.1 Å². The van der Waals surface area contributed by atoms with E-state index in [-0.39, 0.29) is 29.1 Å². The highest BCUT2D eigenvalue weighted by Gasteiger charge is 2.36. The van der Waals surface area contributed by atoms with Crippen LogP contribution in [0.3, 0.4) is 0 Å². The van der Waals surface area contributed by atoms with Gasteiger partial charge in [0.15, 0.2) is 5.17 Å². The Bertz CT molecular complexity index is 1040. The molecule has 34 heavy (non-hydrogen) atoms. The summed E-state index contributed by atoms with van der Waals surface area (Å²) in [4.78, 5) is 31.5. The molecular formula is C24H26F3N3O3S. The number of alkyl halides is 3. The number of nitrogens with one attached hydrogen (secondary N) is 1. The fraction of sp³-hybridized carbons (Fsp3) is 0.375. The van der Waals surface area contributed by atoms with Gasteiger partial charge in [0.2, 0.25) is 11.8 Å². The van der Waals surface area contributed by atoms with Crippen molar-refractivity contribution in [3.05, 3.63) is 54.1 Å². The molecule has 0 saturated carbocycles. The van der Waals surface area contributed by atoms with Crippen LogP contribution in [0.4, 0.5) is 24.5 Å². The first-order valence-electron chi connectivity index (χ1n) is 11.0. The molecule has 0 bridgehead atoms. The molecule has 1 aliphatic heterocycles. The van der Waals surface area contributed by atoms with Gasteiger partial charge >= 0.3 is 6.18 Å². The molecule has 0 radical (unpaired) electrons. The predicted molar refractivity (Wildman–Crippen MR) is 127 cm³/mol. The van der Waals surface area contributed by atoms with Crippen LogP contribution in [0, 0.1) is 0 Å². The second-order valence-electron chi connectivity index (χ2n) is 7.60. The number of nitrogens with zero attached hydrogens (tertiary/aromatic N) is 2. The zero-order valence-electron chi connectivity index (χ0n) is 18.9. The van der Waals surface area contributed by atoms with Crippen molar-refractivity contribution in [2.45, 2.75) is 44.5 Å². The largest absolute Gasteiger partial charge is 0.494 e. The number of carbonyl (C=O) groups excluding carboxylic acids is 2. The molecule has 2 amide bonds. The van der Waals surface area contributed by atoms with Gasteiger partial charge in [0.25, 0.3) is 0 Å². The topological polar surface area (TPSA) is 71.0 Å². The maximum absolute atomic E-state index is 13.1. The lowest BCUT2D eigenvalue weighted by molar-refractivity contribution is -0.137. The van der Waals surface area contributed by atoms with Gasteiger partial charge in [-0.2, -0.15) is 13.2 Å². The van der Waals surface area contributed by atoms with E-state index < -0.39 is 17.0 Å². The lowest BCUT2D eigenvalue weighted by Gasteiger charge is -2.31. The molecule has 1 atom stereocenters. The van der Waals surface area contributed by atoms with Crippen LogP contribution in [0.25, 0.3) is 0 Å². The SMILES string of the molecule is CCCCN1C(=O)C[C@H](C(=O)Nc2ccc(OCC)cc2)SC1=Nc1cccc(C(F)(F)F)c1. The Kier molecular flexibility index (Phi) is 8.60. The van der Waals surface area contributed by atoms with Gasteiger partial charge in [-0.25, -0.2) is 4.99 Å². The zero-order valence-corrected chi connectivity index (χ0v) is 19.7. The van der Waals surface area contributed by atoms with Crippen LogP contribution >= 0.6 is 11.8 Å². The lowest BCUT2D eigenvalue weighted by atomic mass is 10.2. The molecule has 0 spiro atoms. The van der Waals surface area contributed by atoms with Gasteiger partial charge in [-0.15, -0.1) is 0 Å². The number of amidine groups is 1. The van der Waals surface area contributed by atoms with Crippen LogP contribution in [0.1, 0.15) is 38.7 Å². The van der Waals surface area contributed by atoms with Crippen LogP contribution in [0.2, 0.25) is 0 Å². The Morgan fingerprint density at radius 3 is 2.59 bits per heavy atom. The Hall–Kier alpha value is -3.01. The molecule has 1 saturated heterocycles. The van der Waals surface area contributed by atoms with E-state index in [0.29, 0.717) is 31.0 Å². The van der Waals surface area contributed by atoms with E-state index >= 15 is 0 Å². The summed E-state index contributed by atoms with van der Waals surface area (Å²) in [6, 6.07) is 11.5. The van der Waals surface area contributed by atoms with Gasteiger partial charge in [-0.3, -0.25) is 14.5 Å². The van der Waals surface area contributed by atoms with Crippen molar-refractivity contribution in [3.8, 4) is 5.75 Å². The van der Waals surface area contributed by atoms with Crippen molar-refractivity contribution in [1.82, 2.24) is 4.90 Å². The third kappa shape index (κ3) is 6.75. The molecule has 2 aromatic rings. The first kappa shape index (κ1) is 25.6. The standard InChI is InChI=1S/C24H26F3N3O3S/c1-3-5-13-30-21(31)15-20(22(32)28-17-9-11-19(12-10-17)33-4-2)34-23(30)29-18-8-6-7-16(14-18)24(25,26)27/h6-12,14,20H,3-5,13,15H2,1-2H3,(H,28,32)/t20-/m1/s1. The number of ether oxygens (including phenoxy) is 1. The first-order chi connectivity index (χ1) is 16.2. The van der Waals surface area contributed by atoms with E-state index in [2.05, 4.69) is 10.3 Å². The maximum atomic E-state index is 13.1. The summed E-state index contributed by atoms with van der Waals surface area (Å²) in [5, 5.41) is 2.24. The quantitative estimate of drug-likeness (QED) is 0.500. The van der Waals surface area contributed by atoms with Gasteiger partial charge in [-0.1, -0.05) is 31.2 Å². The minimum Gasteiger partial charge on any atom is -0.494 e. The van der Waals surface area contributed by atoms with E-state index in [1.165, 1.54) is 17.0 Å². The van der Waals surface area contributed by atoms with Crippen molar-refractivity contribution in [2.24, 2.45) is 4.99 Å². The Balaban J connectivity index is 1.82. The summed E-state index contributed by atoms with van der Waals surface area (Å²) in [7, 11) is 0. The van der Waals surface area contributed by atoms with Crippen molar-refractivity contribution in [2.75, 3.05) is 18.5 Å². The average Bonchev–Trinajstić information content (AvgIpc) is 2.79. The number of hydrogen-bond donors (Lipinski definition) is 1. The lowest BCUT2D eigenvalue weighted by Crippen LogP contribution is -2.45. The second kappa shape index (κ2) is 11.4. The molecule has 1 heterocycles. The van der Waals surface area contributed by atoms with Crippen molar-refractivity contribution in [3.63, 3.8) is 0 Å². The number of halogens is 3. The Morgan fingerprint density at radius 2 is 1.94 bits per heavy atom. The number of carbonyl (C=O) groups is 2. The van der Waals surface area contributed by atoms with Crippen LogP contribution in [0.15, 0.2) is 53.5 Å². The summed E-state index contributed by atoms with van der Waals surface area (Å²) >= 11 is 1.08. The summed E-state index contributed by atoms with van der Waals surface area (Å²) in [5.74, 6) is 0.00366. The second-order valence-corrected chi connectivity index (χ2v) is 8.77. The van der Waals surface area contributed by atoms with E-state index in [0.717, 1.165) is 30.3 Å². The number of benzene rings is 2. The normalized spacial score (nSPS) is 17.7. The van der Waals surface area contributed by atoms with Crippen molar-refractivity contribution in [1.29, 1.82) is 0 Å². The van der Waals surface area contributed by atoms with E-state index in [4.69, 9.17) is 4.74 Å². The number of anilines is 1. The zero-order chi connectivity index (χ0) is 24.7. The van der Waals surface area contributed by atoms with E-state index in [1.54, 1.807) is 24.3 Å². The van der Waals surface area contributed by atoms with Gasteiger partial charge in [0.05, 0.1) is 17.9 Å². The van der Waals surface area contributed by atoms with Crippen LogP contribution in [0.5, 0.6) is 5.75 Å². The number of hydrogen-bond acceptors (Lipinski definition) is 5. The fourth-order valence-corrected chi connectivity index (χ4v) is 4.39. The summed E-state index contributed by atoms with van der Waals surface area (Å²) in [6.45, 7) is 4.75. The third-order valence-corrected chi connectivity index (χ3v) is 6.19. The number of aliphatic imine (C=N–C) groups is 1. The van der Waals surface area contributed by atoms with E-state index in [9.17, 15) is 22.8 Å². The molecule has 0 aromatic heterocycles. The summed E-state index contributed by atoms with van der Waals surface area (Å²) in [5.41, 5.74) is -0.211. The molecule has 3 rings (SSSR count). The number of rotatable bonds is 8. The smallest absolute Gasteiger partial charge is 0.416 e. The van der Waals surface area contributed by atoms with Gasteiger partial charge in [-0.05, 0) is 55.8 Å². The predicted octanol–water partition coefficient (Wildman–Crippen LogP) is 5.86. The van der Waals surface area contributed by atoms with E-state index in [1.807, 2.05) is 13.8 Å². The van der Waals surface area contributed by atoms with Crippen molar-refractivity contribution < 1.29 is 27.5 Å². The highest BCUT2D eigenvalue weighted by atomic mass is 32.2. The number of unbranched alkanes of at least 4 members (excludes halogenated alkanes) is 1. The Morgan fingerprint density at radius 1 is 1.21 bits per heavy atom. The molecule has 0 unspecified atom stereocenters. The molecule has 182 valence electrons. The van der Waals surface area contributed by atoms with Gasteiger partial charge in [0, 0.05) is 18.7 Å². The van der Waals surface area contributed by atoms with Gasteiger partial charge < -0.3 is 10.1 Å². The highest BCUT2D eigenvalue weighted by Crippen LogP contribution is 2.34. The van der Waals surface area contributed by atoms with Crippen LogP contribution in [-0.4, -0.2) is 40.3 Å². The number of amides is 2. The minimum absolute atomic E-state index is 0.0289. The first-order valence-corrected chi connectivity index (χ1v) is 11.9. The monoisotopic (exact) mass is 493 g/mol. The molecule has 0 aliphatic carbocycles. The molecule has 1 fully saturated rings. The molecule has 10 heteroatoms. The van der Waals surface area contributed by atoms with Gasteiger partial charge in [0.1, 0.15) is 11.0 Å². The highest BCUT2D eigenvalue weighted by molar-refractivity contribution is 8.15. The third-order valence-electron chi connectivity index (χ3n) is 5.00. The molecule has 6 nitrogen and oxygen atoms in total. The maximum Gasteiger partial charge on any atom is 0.416 e. The number of thioether (sulfide) groups is 1. The summed E-state index contributed by atoms with van der Waals surface area (Å²) in [6.07, 6.45) is -3.00. The molecule has 1 N–H and O–H groups in total. The fourth-order valence-electron chi connectivity index (χ4n) is 3.26. The Labute approximate surface area is 200 Å². The molecule has 1 aliphatic rings. The average molecular weight is 494 g/mol. The van der Waals surface area contributed by atoms with Crippen LogP contribution in [-0.2, 0) is 15.8 Å². The molecule has 2 aromatic carbocycles.